The van der Waals surface area contributed by atoms with Crippen molar-refractivity contribution < 1.29 is 4.74 Å². The fourth-order valence-corrected chi connectivity index (χ4v) is 2.44. The van der Waals surface area contributed by atoms with Crippen molar-refractivity contribution in [2.45, 2.75) is 89.8 Å². The molecule has 2 unspecified atom stereocenters. The highest BCUT2D eigenvalue weighted by Crippen LogP contribution is 2.25. The van der Waals surface area contributed by atoms with Crippen LogP contribution in [0.25, 0.3) is 0 Å². The summed E-state index contributed by atoms with van der Waals surface area (Å²) in [5.74, 6) is 0. The zero-order chi connectivity index (χ0) is 14.1. The minimum atomic E-state index is -0.428. The molecule has 1 aliphatic rings. The lowest BCUT2D eigenvalue weighted by Crippen LogP contribution is -2.45. The lowest BCUT2D eigenvalue weighted by Gasteiger charge is -2.26. The first kappa shape index (κ1) is 16.5. The van der Waals surface area contributed by atoms with Gasteiger partial charge in [-0.1, -0.05) is 32.6 Å². The lowest BCUT2D eigenvalue weighted by atomic mass is 9.96. The zero-order valence-corrected chi connectivity index (χ0v) is 12.9. The molecule has 0 amide bonds. The second-order valence-corrected chi connectivity index (χ2v) is 6.16. The molecule has 19 heavy (non-hydrogen) atoms. The van der Waals surface area contributed by atoms with Gasteiger partial charge in [-0.15, -0.1) is 0 Å². The fourth-order valence-electron chi connectivity index (χ4n) is 2.44. The summed E-state index contributed by atoms with van der Waals surface area (Å²) in [6.07, 6.45) is 9.68. The average molecular weight is 266 g/mol. The number of nitrogens with zero attached hydrogens (tertiary/aromatic N) is 1. The Balaban J connectivity index is 2.11. The van der Waals surface area contributed by atoms with Gasteiger partial charge in [0.2, 0.25) is 0 Å². The molecule has 0 aliphatic heterocycles. The maximum absolute atomic E-state index is 9.31. The van der Waals surface area contributed by atoms with Crippen molar-refractivity contribution >= 4 is 0 Å². The van der Waals surface area contributed by atoms with Gasteiger partial charge in [-0.25, -0.2) is 0 Å². The number of nitrogens with one attached hydrogen (secondary N) is 1. The second-order valence-electron chi connectivity index (χ2n) is 6.16. The molecule has 0 aromatic carbocycles. The van der Waals surface area contributed by atoms with Crippen LogP contribution < -0.4 is 5.32 Å². The van der Waals surface area contributed by atoms with E-state index in [1.54, 1.807) is 0 Å². The van der Waals surface area contributed by atoms with Crippen LogP contribution >= 0.6 is 0 Å². The van der Waals surface area contributed by atoms with E-state index in [1.165, 1.54) is 38.5 Å². The first-order chi connectivity index (χ1) is 9.09. The van der Waals surface area contributed by atoms with Crippen molar-refractivity contribution in [1.82, 2.24) is 5.32 Å². The minimum absolute atomic E-state index is 0.155. The molecular formula is C16H30N2O. The van der Waals surface area contributed by atoms with E-state index in [9.17, 15) is 5.26 Å². The summed E-state index contributed by atoms with van der Waals surface area (Å²) >= 11 is 0. The molecule has 1 aliphatic carbocycles. The first-order valence-corrected chi connectivity index (χ1v) is 7.90. The van der Waals surface area contributed by atoms with E-state index in [0.717, 1.165) is 19.4 Å². The van der Waals surface area contributed by atoms with Crippen LogP contribution in [0, 0.1) is 11.3 Å². The SMILES string of the molecule is CCCCCCCOC(C)CC(C)(C#N)NC1CC1. The molecule has 3 nitrogen and oxygen atoms in total. The molecule has 3 heteroatoms. The van der Waals surface area contributed by atoms with E-state index in [0.29, 0.717) is 6.04 Å². The first-order valence-electron chi connectivity index (χ1n) is 7.90. The summed E-state index contributed by atoms with van der Waals surface area (Å²) in [7, 11) is 0. The number of hydrogen-bond donors (Lipinski definition) is 1. The van der Waals surface area contributed by atoms with E-state index in [-0.39, 0.29) is 6.10 Å². The molecular weight excluding hydrogens is 236 g/mol. The van der Waals surface area contributed by atoms with Crippen molar-refractivity contribution in [2.24, 2.45) is 0 Å². The topological polar surface area (TPSA) is 45.0 Å². The molecule has 0 saturated heterocycles. The van der Waals surface area contributed by atoms with E-state index >= 15 is 0 Å². The summed E-state index contributed by atoms with van der Waals surface area (Å²) in [4.78, 5) is 0. The summed E-state index contributed by atoms with van der Waals surface area (Å²) in [5, 5.41) is 12.7. The Kier molecular flexibility index (Phi) is 7.41. The van der Waals surface area contributed by atoms with Gasteiger partial charge in [0.05, 0.1) is 12.2 Å². The molecule has 1 fully saturated rings. The number of rotatable bonds is 11. The Hall–Kier alpha value is -0.590. The highest BCUT2D eigenvalue weighted by atomic mass is 16.5. The lowest BCUT2D eigenvalue weighted by molar-refractivity contribution is 0.0449. The van der Waals surface area contributed by atoms with Gasteiger partial charge in [-0.3, -0.25) is 5.32 Å². The minimum Gasteiger partial charge on any atom is -0.378 e. The Morgan fingerprint density at radius 3 is 2.58 bits per heavy atom. The largest absolute Gasteiger partial charge is 0.378 e. The maximum Gasteiger partial charge on any atom is 0.106 e. The van der Waals surface area contributed by atoms with Gasteiger partial charge in [-0.2, -0.15) is 5.26 Å². The molecule has 0 spiro atoms. The Bertz CT molecular complexity index is 283. The summed E-state index contributed by atoms with van der Waals surface area (Å²) in [6.45, 7) is 7.13. The summed E-state index contributed by atoms with van der Waals surface area (Å²) in [6, 6.07) is 2.97. The predicted molar refractivity (Wildman–Crippen MR) is 79.0 cm³/mol. The van der Waals surface area contributed by atoms with Gasteiger partial charge in [0.15, 0.2) is 0 Å². The van der Waals surface area contributed by atoms with Crippen LogP contribution in [0.2, 0.25) is 0 Å². The van der Waals surface area contributed by atoms with Gasteiger partial charge in [0.1, 0.15) is 5.54 Å². The van der Waals surface area contributed by atoms with Crippen LogP contribution in [-0.4, -0.2) is 24.3 Å². The molecule has 1 N–H and O–H groups in total. The van der Waals surface area contributed by atoms with Crippen LogP contribution in [0.5, 0.6) is 0 Å². The van der Waals surface area contributed by atoms with Crippen molar-refractivity contribution in [1.29, 1.82) is 5.26 Å². The molecule has 0 heterocycles. The van der Waals surface area contributed by atoms with Crippen molar-refractivity contribution in [3.63, 3.8) is 0 Å². The molecule has 1 rings (SSSR count). The molecule has 1 saturated carbocycles. The van der Waals surface area contributed by atoms with Gasteiger partial charge < -0.3 is 4.74 Å². The molecule has 0 radical (unpaired) electrons. The monoisotopic (exact) mass is 266 g/mol. The third-order valence-corrected chi connectivity index (χ3v) is 3.69. The Labute approximate surface area is 118 Å². The van der Waals surface area contributed by atoms with Gasteiger partial charge in [0.25, 0.3) is 0 Å². The van der Waals surface area contributed by atoms with Crippen molar-refractivity contribution in [2.75, 3.05) is 6.61 Å². The van der Waals surface area contributed by atoms with Crippen molar-refractivity contribution in [3.8, 4) is 6.07 Å². The summed E-state index contributed by atoms with van der Waals surface area (Å²) < 4.78 is 5.83. The number of ether oxygens (including phenoxy) is 1. The molecule has 0 aromatic rings. The van der Waals surface area contributed by atoms with Crippen LogP contribution in [0.1, 0.15) is 72.1 Å². The van der Waals surface area contributed by atoms with Crippen LogP contribution in [0.15, 0.2) is 0 Å². The second kappa shape index (κ2) is 8.55. The third kappa shape index (κ3) is 7.54. The highest BCUT2D eigenvalue weighted by molar-refractivity contribution is 5.07. The molecule has 2 atom stereocenters. The number of unbranched alkanes of at least 4 members (excludes halogenated alkanes) is 4. The Morgan fingerprint density at radius 2 is 2.00 bits per heavy atom. The number of nitriles is 1. The third-order valence-electron chi connectivity index (χ3n) is 3.69. The van der Waals surface area contributed by atoms with Crippen LogP contribution in [-0.2, 0) is 4.74 Å². The quantitative estimate of drug-likeness (QED) is 0.579. The van der Waals surface area contributed by atoms with Gasteiger partial charge >= 0.3 is 0 Å². The van der Waals surface area contributed by atoms with Crippen LogP contribution in [0.4, 0.5) is 0 Å². The standard InChI is InChI=1S/C16H30N2O/c1-4-5-6-7-8-11-19-14(2)12-16(3,13-17)18-15-9-10-15/h14-15,18H,4-12H2,1-3H3. The maximum atomic E-state index is 9.31. The average Bonchev–Trinajstić information content (AvgIpc) is 3.17. The molecule has 0 aromatic heterocycles. The van der Waals surface area contributed by atoms with Crippen LogP contribution in [0.3, 0.4) is 0 Å². The normalized spacial score (nSPS) is 19.7. The van der Waals surface area contributed by atoms with E-state index < -0.39 is 5.54 Å². The molecule has 0 bridgehead atoms. The summed E-state index contributed by atoms with van der Waals surface area (Å²) in [5.41, 5.74) is -0.428. The smallest absolute Gasteiger partial charge is 0.106 e. The van der Waals surface area contributed by atoms with Gasteiger partial charge in [0, 0.05) is 19.1 Å². The van der Waals surface area contributed by atoms with Gasteiger partial charge in [-0.05, 0) is 33.1 Å². The van der Waals surface area contributed by atoms with Crippen molar-refractivity contribution in [3.05, 3.63) is 0 Å². The molecule has 110 valence electrons. The van der Waals surface area contributed by atoms with E-state index in [1.807, 2.05) is 6.92 Å². The zero-order valence-electron chi connectivity index (χ0n) is 12.9. The Morgan fingerprint density at radius 1 is 1.32 bits per heavy atom. The van der Waals surface area contributed by atoms with E-state index in [2.05, 4.69) is 25.2 Å². The highest BCUT2D eigenvalue weighted by Gasteiger charge is 2.33. The fraction of sp³-hybridized carbons (Fsp3) is 0.938. The van der Waals surface area contributed by atoms with E-state index in [4.69, 9.17) is 4.74 Å². The number of hydrogen-bond acceptors (Lipinski definition) is 3. The predicted octanol–water partition coefficient (Wildman–Crippen LogP) is 3.79.